The lowest BCUT2D eigenvalue weighted by Gasteiger charge is -2.26. The van der Waals surface area contributed by atoms with Crippen molar-refractivity contribution in [2.24, 2.45) is 0 Å². The molecule has 1 aromatic carbocycles. The van der Waals surface area contributed by atoms with Gasteiger partial charge in [0.15, 0.2) is 5.78 Å². The van der Waals surface area contributed by atoms with Gasteiger partial charge in [-0.15, -0.1) is 0 Å². The van der Waals surface area contributed by atoms with E-state index in [1.165, 1.54) is 0 Å². The van der Waals surface area contributed by atoms with E-state index in [1.54, 1.807) is 25.3 Å². The molecule has 0 bridgehead atoms. The zero-order valence-corrected chi connectivity index (χ0v) is 13.0. The molecule has 1 unspecified atom stereocenters. The number of nitrogens with zero attached hydrogens (tertiary/aromatic N) is 2. The van der Waals surface area contributed by atoms with Crippen molar-refractivity contribution in [3.8, 4) is 5.75 Å². The molecule has 2 rings (SSSR count). The van der Waals surface area contributed by atoms with Crippen molar-refractivity contribution in [2.75, 3.05) is 40.8 Å². The Bertz CT molecular complexity index is 493. The number of hydrogen-bond acceptors (Lipinski definition) is 4. The van der Waals surface area contributed by atoms with Crippen LogP contribution in [0.1, 0.15) is 16.8 Å². The SMILES string of the molecule is COc1ccc(Cl)cc1C(=O)C1CN(C)CCCN1C. The second kappa shape index (κ2) is 6.57. The van der Waals surface area contributed by atoms with Gasteiger partial charge < -0.3 is 9.64 Å². The molecule has 1 heterocycles. The number of rotatable bonds is 3. The quantitative estimate of drug-likeness (QED) is 0.800. The first kappa shape index (κ1) is 15.3. The van der Waals surface area contributed by atoms with Crippen LogP contribution in [-0.2, 0) is 0 Å². The first-order chi connectivity index (χ1) is 9.52. The van der Waals surface area contributed by atoms with Gasteiger partial charge in [0.2, 0.25) is 0 Å². The van der Waals surface area contributed by atoms with Crippen molar-refractivity contribution in [1.29, 1.82) is 0 Å². The molecule has 0 N–H and O–H groups in total. The highest BCUT2D eigenvalue weighted by Crippen LogP contribution is 2.25. The zero-order valence-electron chi connectivity index (χ0n) is 12.2. The Labute approximate surface area is 125 Å². The lowest BCUT2D eigenvalue weighted by atomic mass is 10.0. The van der Waals surface area contributed by atoms with E-state index in [0.29, 0.717) is 16.3 Å². The van der Waals surface area contributed by atoms with Gasteiger partial charge in [-0.05, 0) is 51.8 Å². The summed E-state index contributed by atoms with van der Waals surface area (Å²) in [6, 6.07) is 5.02. The average molecular weight is 297 g/mol. The highest BCUT2D eigenvalue weighted by molar-refractivity contribution is 6.31. The molecule has 0 aromatic heterocycles. The Morgan fingerprint density at radius 2 is 2.10 bits per heavy atom. The fourth-order valence-electron chi connectivity index (χ4n) is 2.61. The lowest BCUT2D eigenvalue weighted by molar-refractivity contribution is 0.0836. The molecule has 20 heavy (non-hydrogen) atoms. The summed E-state index contributed by atoms with van der Waals surface area (Å²) in [7, 11) is 5.62. The van der Waals surface area contributed by atoms with Gasteiger partial charge in [0.1, 0.15) is 5.75 Å². The van der Waals surface area contributed by atoms with Crippen molar-refractivity contribution in [3.63, 3.8) is 0 Å². The molecular formula is C15H21ClN2O2. The molecular weight excluding hydrogens is 276 g/mol. The van der Waals surface area contributed by atoms with Crippen molar-refractivity contribution < 1.29 is 9.53 Å². The van der Waals surface area contributed by atoms with E-state index in [0.717, 1.165) is 26.1 Å². The summed E-state index contributed by atoms with van der Waals surface area (Å²) in [4.78, 5) is 17.1. The number of carbonyl (C=O) groups is 1. The van der Waals surface area contributed by atoms with Crippen LogP contribution in [0, 0.1) is 0 Å². The molecule has 0 spiro atoms. The molecule has 1 aliphatic rings. The van der Waals surface area contributed by atoms with Crippen LogP contribution < -0.4 is 4.74 Å². The van der Waals surface area contributed by atoms with Crippen LogP contribution in [0.15, 0.2) is 18.2 Å². The van der Waals surface area contributed by atoms with Crippen molar-refractivity contribution in [3.05, 3.63) is 28.8 Å². The third kappa shape index (κ3) is 3.32. The van der Waals surface area contributed by atoms with Crippen LogP contribution in [-0.4, -0.2) is 62.5 Å². The molecule has 110 valence electrons. The third-order valence-corrected chi connectivity index (χ3v) is 4.03. The van der Waals surface area contributed by atoms with Crippen molar-refractivity contribution in [1.82, 2.24) is 9.80 Å². The number of halogens is 1. The van der Waals surface area contributed by atoms with E-state index in [-0.39, 0.29) is 11.8 Å². The van der Waals surface area contributed by atoms with Crippen LogP contribution in [0.4, 0.5) is 0 Å². The van der Waals surface area contributed by atoms with Crippen molar-refractivity contribution >= 4 is 17.4 Å². The van der Waals surface area contributed by atoms with E-state index in [2.05, 4.69) is 16.8 Å². The summed E-state index contributed by atoms with van der Waals surface area (Å²) in [6.45, 7) is 2.66. The Hall–Kier alpha value is -1.10. The van der Waals surface area contributed by atoms with Gasteiger partial charge in [0.25, 0.3) is 0 Å². The Morgan fingerprint density at radius 1 is 1.35 bits per heavy atom. The monoisotopic (exact) mass is 296 g/mol. The van der Waals surface area contributed by atoms with Gasteiger partial charge >= 0.3 is 0 Å². The predicted molar refractivity (Wildman–Crippen MR) is 80.9 cm³/mol. The minimum Gasteiger partial charge on any atom is -0.496 e. The minimum atomic E-state index is -0.158. The summed E-state index contributed by atoms with van der Waals surface area (Å²) < 4.78 is 5.29. The number of hydrogen-bond donors (Lipinski definition) is 0. The smallest absolute Gasteiger partial charge is 0.185 e. The zero-order chi connectivity index (χ0) is 14.7. The van der Waals surface area contributed by atoms with Crippen LogP contribution >= 0.6 is 11.6 Å². The van der Waals surface area contributed by atoms with Gasteiger partial charge in [-0.2, -0.15) is 0 Å². The first-order valence-electron chi connectivity index (χ1n) is 6.79. The Balaban J connectivity index is 2.31. The third-order valence-electron chi connectivity index (χ3n) is 3.80. The summed E-state index contributed by atoms with van der Waals surface area (Å²) in [5, 5.41) is 0.554. The number of benzene rings is 1. The molecule has 1 atom stereocenters. The van der Waals surface area contributed by atoms with Gasteiger partial charge in [-0.25, -0.2) is 0 Å². The summed E-state index contributed by atoms with van der Waals surface area (Å²) in [6.07, 6.45) is 1.07. The minimum absolute atomic E-state index is 0.0700. The number of likely N-dealkylation sites (N-methyl/N-ethyl adjacent to an activating group) is 2. The molecule has 1 saturated heterocycles. The largest absolute Gasteiger partial charge is 0.496 e. The second-order valence-corrected chi connectivity index (χ2v) is 5.76. The van der Waals surface area contributed by atoms with E-state index in [9.17, 15) is 4.79 Å². The number of ketones is 1. The normalized spacial score (nSPS) is 21.5. The molecule has 5 heteroatoms. The van der Waals surface area contributed by atoms with Crippen LogP contribution in [0.25, 0.3) is 0 Å². The highest BCUT2D eigenvalue weighted by atomic mass is 35.5. The average Bonchev–Trinajstić information content (AvgIpc) is 2.59. The first-order valence-corrected chi connectivity index (χ1v) is 7.17. The molecule has 0 saturated carbocycles. The number of carbonyl (C=O) groups excluding carboxylic acids is 1. The second-order valence-electron chi connectivity index (χ2n) is 5.32. The number of ether oxygens (including phenoxy) is 1. The molecule has 0 aliphatic carbocycles. The topological polar surface area (TPSA) is 32.8 Å². The molecule has 1 aliphatic heterocycles. The number of Topliss-reactive ketones (excluding diaryl/α,β-unsaturated/α-hetero) is 1. The van der Waals surface area contributed by atoms with E-state index < -0.39 is 0 Å². The van der Waals surface area contributed by atoms with Gasteiger partial charge in [0.05, 0.1) is 18.7 Å². The van der Waals surface area contributed by atoms with Gasteiger partial charge in [-0.1, -0.05) is 11.6 Å². The Kier molecular flexibility index (Phi) is 5.02. The maximum absolute atomic E-state index is 12.8. The van der Waals surface area contributed by atoms with E-state index >= 15 is 0 Å². The standard InChI is InChI=1S/C15H21ClN2O2/c1-17-7-4-8-18(2)13(10-17)15(19)12-9-11(16)5-6-14(12)20-3/h5-6,9,13H,4,7-8,10H2,1-3H3. The highest BCUT2D eigenvalue weighted by Gasteiger charge is 2.29. The predicted octanol–water partition coefficient (Wildman–Crippen LogP) is 2.17. The lowest BCUT2D eigenvalue weighted by Crippen LogP contribution is -2.43. The van der Waals surface area contributed by atoms with Crippen LogP contribution in [0.3, 0.4) is 0 Å². The molecule has 4 nitrogen and oxygen atoms in total. The molecule has 0 radical (unpaired) electrons. The van der Waals surface area contributed by atoms with E-state index in [1.807, 2.05) is 7.05 Å². The molecule has 1 fully saturated rings. The summed E-state index contributed by atoms with van der Waals surface area (Å²) in [5.74, 6) is 0.653. The van der Waals surface area contributed by atoms with Crippen LogP contribution in [0.5, 0.6) is 5.75 Å². The molecule has 0 amide bonds. The van der Waals surface area contributed by atoms with Crippen LogP contribution in [0.2, 0.25) is 5.02 Å². The summed E-state index contributed by atoms with van der Waals surface area (Å²) >= 11 is 6.02. The van der Waals surface area contributed by atoms with Gasteiger partial charge in [-0.3, -0.25) is 9.69 Å². The fraction of sp³-hybridized carbons (Fsp3) is 0.533. The molecule has 1 aromatic rings. The van der Waals surface area contributed by atoms with Gasteiger partial charge in [0, 0.05) is 11.6 Å². The Morgan fingerprint density at radius 3 is 2.80 bits per heavy atom. The van der Waals surface area contributed by atoms with E-state index in [4.69, 9.17) is 16.3 Å². The maximum Gasteiger partial charge on any atom is 0.185 e. The van der Waals surface area contributed by atoms with Crippen molar-refractivity contribution in [2.45, 2.75) is 12.5 Å². The fourth-order valence-corrected chi connectivity index (χ4v) is 2.78. The maximum atomic E-state index is 12.8. The summed E-state index contributed by atoms with van der Waals surface area (Å²) in [5.41, 5.74) is 0.562. The number of methoxy groups -OCH3 is 1.